The number of aryl methyl sites for hydroxylation is 1. The van der Waals surface area contributed by atoms with E-state index in [1.165, 1.54) is 0 Å². The fourth-order valence-electron chi connectivity index (χ4n) is 1.33. The van der Waals surface area contributed by atoms with Crippen LogP contribution in [0.1, 0.15) is 25.8 Å². The Morgan fingerprint density at radius 2 is 1.94 bits per heavy atom. The van der Waals surface area contributed by atoms with Gasteiger partial charge in [0.2, 0.25) is 6.54 Å². The zero-order valence-electron chi connectivity index (χ0n) is 11.1. The summed E-state index contributed by atoms with van der Waals surface area (Å²) in [6.45, 7) is 5.96. The van der Waals surface area contributed by atoms with E-state index in [1.54, 1.807) is 4.57 Å². The van der Waals surface area contributed by atoms with Crippen molar-refractivity contribution in [3.63, 3.8) is 0 Å². The molecule has 0 unspecified atom stereocenters. The third-order valence-corrected chi connectivity index (χ3v) is 2.63. The van der Waals surface area contributed by atoms with Gasteiger partial charge in [0.15, 0.2) is 12.4 Å². The van der Waals surface area contributed by atoms with Crippen LogP contribution in [0.15, 0.2) is 24.5 Å². The number of rotatable bonds is 4. The molecular formula is C13H20N3O2+. The van der Waals surface area contributed by atoms with Crippen molar-refractivity contribution in [3.05, 3.63) is 30.1 Å². The van der Waals surface area contributed by atoms with Crippen molar-refractivity contribution < 1.29 is 14.2 Å². The third kappa shape index (κ3) is 4.95. The van der Waals surface area contributed by atoms with Crippen LogP contribution in [0.4, 0.5) is 4.79 Å². The van der Waals surface area contributed by atoms with E-state index in [-0.39, 0.29) is 18.5 Å². The predicted octanol–water partition coefficient (Wildman–Crippen LogP) is 0.907. The first-order chi connectivity index (χ1) is 8.51. The molecule has 0 spiro atoms. The summed E-state index contributed by atoms with van der Waals surface area (Å²) in [4.78, 5) is 23.0. The van der Waals surface area contributed by atoms with Crippen LogP contribution in [0.5, 0.6) is 0 Å². The molecule has 1 rings (SSSR count). The molecule has 3 amide bonds. The molecule has 0 bridgehead atoms. The molecule has 1 heterocycles. The van der Waals surface area contributed by atoms with Crippen molar-refractivity contribution in [2.24, 2.45) is 0 Å². The molecule has 2 N–H and O–H groups in total. The quantitative estimate of drug-likeness (QED) is 0.780. The predicted molar refractivity (Wildman–Crippen MR) is 67.8 cm³/mol. The van der Waals surface area contributed by atoms with Gasteiger partial charge in [-0.3, -0.25) is 10.1 Å². The molecule has 5 nitrogen and oxygen atoms in total. The molecule has 0 radical (unpaired) electrons. The number of carbonyl (C=O) groups excluding carboxylic acids is 2. The van der Waals surface area contributed by atoms with Crippen LogP contribution in [0, 0.1) is 6.92 Å². The standard InChI is InChI=1S/C13H19N3O2/c1-4-11(3)14-13(18)15-12(17)9-16-7-5-10(2)6-8-16/h5-8,11H,4,9H2,1-3H3,(H-,14,15,17,18)/p+1/t11-/m0/s1. The zero-order valence-corrected chi connectivity index (χ0v) is 11.1. The number of carbonyl (C=O) groups is 2. The number of nitrogens with zero attached hydrogens (tertiary/aromatic N) is 1. The van der Waals surface area contributed by atoms with E-state index in [1.807, 2.05) is 45.3 Å². The highest BCUT2D eigenvalue weighted by molar-refractivity contribution is 5.93. The molecule has 0 aromatic carbocycles. The van der Waals surface area contributed by atoms with Gasteiger partial charge in [0.1, 0.15) is 0 Å². The molecule has 0 saturated carbocycles. The van der Waals surface area contributed by atoms with Crippen LogP contribution >= 0.6 is 0 Å². The SMILES string of the molecule is CC[C@H](C)NC(=O)NC(=O)C[n+]1ccc(C)cc1. The summed E-state index contributed by atoms with van der Waals surface area (Å²) < 4.78 is 1.72. The lowest BCUT2D eigenvalue weighted by molar-refractivity contribution is -0.684. The normalized spacial score (nSPS) is 11.7. The van der Waals surface area contributed by atoms with Gasteiger partial charge in [-0.25, -0.2) is 4.79 Å². The number of urea groups is 1. The van der Waals surface area contributed by atoms with Gasteiger partial charge in [0.25, 0.3) is 5.91 Å². The van der Waals surface area contributed by atoms with E-state index < -0.39 is 6.03 Å². The lowest BCUT2D eigenvalue weighted by Gasteiger charge is -2.10. The summed E-state index contributed by atoms with van der Waals surface area (Å²) in [5.41, 5.74) is 1.13. The van der Waals surface area contributed by atoms with E-state index in [0.29, 0.717) is 0 Å². The summed E-state index contributed by atoms with van der Waals surface area (Å²) in [7, 11) is 0. The van der Waals surface area contributed by atoms with Crippen molar-refractivity contribution in [2.45, 2.75) is 39.8 Å². The van der Waals surface area contributed by atoms with E-state index in [2.05, 4.69) is 10.6 Å². The van der Waals surface area contributed by atoms with Gasteiger partial charge >= 0.3 is 6.03 Å². The van der Waals surface area contributed by atoms with Crippen molar-refractivity contribution in [3.8, 4) is 0 Å². The number of pyridine rings is 1. The Bertz CT molecular complexity index is 415. The summed E-state index contributed by atoms with van der Waals surface area (Å²) in [6.07, 6.45) is 4.44. The molecule has 5 heteroatoms. The number of amides is 3. The lowest BCUT2D eigenvalue weighted by atomic mass is 10.3. The number of hydrogen-bond acceptors (Lipinski definition) is 2. The smallest absolute Gasteiger partial charge is 0.321 e. The second-order valence-electron chi connectivity index (χ2n) is 4.38. The first-order valence-electron chi connectivity index (χ1n) is 6.07. The molecule has 0 fully saturated rings. The number of hydrogen-bond donors (Lipinski definition) is 2. The monoisotopic (exact) mass is 250 g/mol. The van der Waals surface area contributed by atoms with Gasteiger partial charge < -0.3 is 5.32 Å². The largest absolute Gasteiger partial charge is 0.335 e. The van der Waals surface area contributed by atoms with Crippen LogP contribution in [-0.4, -0.2) is 18.0 Å². The Labute approximate surface area is 107 Å². The molecule has 1 aromatic heterocycles. The first kappa shape index (κ1) is 14.2. The highest BCUT2D eigenvalue weighted by Gasteiger charge is 2.13. The van der Waals surface area contributed by atoms with Gasteiger partial charge in [-0.2, -0.15) is 4.57 Å². The average Bonchev–Trinajstić information content (AvgIpc) is 2.31. The second-order valence-corrected chi connectivity index (χ2v) is 4.38. The molecule has 0 saturated heterocycles. The Hall–Kier alpha value is -1.91. The van der Waals surface area contributed by atoms with E-state index >= 15 is 0 Å². The number of imide groups is 1. The lowest BCUT2D eigenvalue weighted by Crippen LogP contribution is -2.48. The maximum absolute atomic E-state index is 11.6. The fraction of sp³-hybridized carbons (Fsp3) is 0.462. The van der Waals surface area contributed by atoms with Crippen LogP contribution in [0.3, 0.4) is 0 Å². The van der Waals surface area contributed by atoms with Crippen molar-refractivity contribution in [1.82, 2.24) is 10.6 Å². The Morgan fingerprint density at radius 3 is 2.50 bits per heavy atom. The van der Waals surface area contributed by atoms with Crippen molar-refractivity contribution in [2.75, 3.05) is 0 Å². The molecule has 0 aliphatic rings. The second kappa shape index (κ2) is 6.74. The minimum absolute atomic E-state index is 0.0600. The molecule has 18 heavy (non-hydrogen) atoms. The maximum Gasteiger partial charge on any atom is 0.321 e. The van der Waals surface area contributed by atoms with Gasteiger partial charge in [0.05, 0.1) is 0 Å². The Kier molecular flexibility index (Phi) is 5.30. The summed E-state index contributed by atoms with van der Waals surface area (Å²) in [5.74, 6) is -0.329. The molecular weight excluding hydrogens is 230 g/mol. The first-order valence-corrected chi connectivity index (χ1v) is 6.07. The van der Waals surface area contributed by atoms with Crippen molar-refractivity contribution in [1.29, 1.82) is 0 Å². The average molecular weight is 250 g/mol. The third-order valence-electron chi connectivity index (χ3n) is 2.63. The van der Waals surface area contributed by atoms with Crippen LogP contribution < -0.4 is 15.2 Å². The van der Waals surface area contributed by atoms with Gasteiger partial charge in [-0.1, -0.05) is 6.92 Å². The summed E-state index contributed by atoms with van der Waals surface area (Å²) in [6, 6.07) is 3.44. The zero-order chi connectivity index (χ0) is 13.5. The van der Waals surface area contributed by atoms with E-state index in [9.17, 15) is 9.59 Å². The van der Waals surface area contributed by atoms with Gasteiger partial charge in [-0.15, -0.1) is 0 Å². The molecule has 98 valence electrons. The highest BCUT2D eigenvalue weighted by atomic mass is 16.2. The summed E-state index contributed by atoms with van der Waals surface area (Å²) >= 11 is 0. The van der Waals surface area contributed by atoms with E-state index in [0.717, 1.165) is 12.0 Å². The Morgan fingerprint density at radius 1 is 1.33 bits per heavy atom. The van der Waals surface area contributed by atoms with Gasteiger partial charge in [-0.05, 0) is 25.8 Å². The molecule has 0 aliphatic heterocycles. The number of nitrogens with one attached hydrogen (secondary N) is 2. The van der Waals surface area contributed by atoms with Crippen LogP contribution in [-0.2, 0) is 11.3 Å². The molecule has 0 aliphatic carbocycles. The molecule has 1 aromatic rings. The minimum Gasteiger partial charge on any atom is -0.335 e. The topological polar surface area (TPSA) is 62.1 Å². The maximum atomic E-state index is 11.6. The molecule has 1 atom stereocenters. The summed E-state index contributed by atoms with van der Waals surface area (Å²) in [5, 5.41) is 4.97. The highest BCUT2D eigenvalue weighted by Crippen LogP contribution is 1.90. The van der Waals surface area contributed by atoms with Crippen molar-refractivity contribution >= 4 is 11.9 Å². The minimum atomic E-state index is -0.443. The number of aromatic nitrogens is 1. The van der Waals surface area contributed by atoms with Crippen LogP contribution in [0.2, 0.25) is 0 Å². The fourth-order valence-corrected chi connectivity index (χ4v) is 1.33. The van der Waals surface area contributed by atoms with Gasteiger partial charge in [0, 0.05) is 18.2 Å². The Balaban J connectivity index is 2.42. The van der Waals surface area contributed by atoms with Crippen LogP contribution in [0.25, 0.3) is 0 Å². The van der Waals surface area contributed by atoms with E-state index in [4.69, 9.17) is 0 Å².